The van der Waals surface area contributed by atoms with Crippen molar-refractivity contribution in [2.24, 2.45) is 0 Å². The Bertz CT molecular complexity index is 2060. The van der Waals surface area contributed by atoms with Crippen LogP contribution in [0.15, 0.2) is 60.7 Å². The molecule has 3 heterocycles. The van der Waals surface area contributed by atoms with Gasteiger partial charge in [-0.25, -0.2) is 18.2 Å². The summed E-state index contributed by atoms with van der Waals surface area (Å²) in [5.41, 5.74) is 9.40. The third-order valence-corrected chi connectivity index (χ3v) is 10.7. The number of piperazine rings is 1. The Hall–Kier alpha value is -4.15. The third-order valence-electron chi connectivity index (χ3n) is 8.53. The minimum absolute atomic E-state index is 0.115. The molecule has 13 nitrogen and oxygen atoms in total. The summed E-state index contributed by atoms with van der Waals surface area (Å²) in [6.07, 6.45) is 0.577. The molecule has 17 heteroatoms. The topological polar surface area (TPSA) is 161 Å². The molecule has 0 aliphatic carbocycles. The lowest BCUT2D eigenvalue weighted by Crippen LogP contribution is -2.66. The lowest BCUT2D eigenvalue weighted by atomic mass is 9.99. The van der Waals surface area contributed by atoms with E-state index in [0.717, 1.165) is 27.6 Å². The highest BCUT2D eigenvalue weighted by molar-refractivity contribution is 7.92. The number of hydrazine groups is 1. The van der Waals surface area contributed by atoms with Crippen molar-refractivity contribution in [2.45, 2.75) is 51.6 Å². The van der Waals surface area contributed by atoms with Gasteiger partial charge in [0.05, 0.1) is 39.6 Å². The van der Waals surface area contributed by atoms with Gasteiger partial charge in [-0.1, -0.05) is 64.9 Å². The first-order valence-corrected chi connectivity index (χ1v) is 19.2. The summed E-state index contributed by atoms with van der Waals surface area (Å²) in [6.45, 7) is 4.12. The minimum atomic E-state index is -3.48. The van der Waals surface area contributed by atoms with Crippen LogP contribution in [0.5, 0.6) is 0 Å². The Morgan fingerprint density at radius 1 is 1.08 bits per heavy atom. The number of anilines is 2. The monoisotopic (exact) mass is 758 g/mol. The number of rotatable bonds is 10. The lowest BCUT2D eigenvalue weighted by molar-refractivity contribution is -0.158. The number of nitrogens with zero attached hydrogens (tertiary/aromatic N) is 5. The second-order valence-electron chi connectivity index (χ2n) is 12.6. The van der Waals surface area contributed by atoms with Gasteiger partial charge in [0.1, 0.15) is 12.2 Å². The van der Waals surface area contributed by atoms with Gasteiger partial charge in [0.25, 0.3) is 0 Å². The SMILES string of the molecule is CC(C)N(C(=O)NCc1ccc(Cl)c(Cl)c1)N1CC(=O)N2[C@@H](Cc3ccc(NS(C)(=O)=O)cc3)C(=O)N(Cc3cccc4sc(N)nc34)C[C@@H]21. The van der Waals surface area contributed by atoms with Crippen molar-refractivity contribution < 1.29 is 22.8 Å². The number of amides is 4. The van der Waals surface area contributed by atoms with Crippen LogP contribution in [0.3, 0.4) is 0 Å². The Morgan fingerprint density at radius 2 is 1.80 bits per heavy atom. The molecule has 1 aromatic heterocycles. The summed E-state index contributed by atoms with van der Waals surface area (Å²) in [5, 5.41) is 7.38. The van der Waals surface area contributed by atoms with Crippen molar-refractivity contribution >= 4 is 83.4 Å². The fraction of sp³-hybridized carbons (Fsp3) is 0.333. The highest BCUT2D eigenvalue weighted by Gasteiger charge is 2.52. The fourth-order valence-electron chi connectivity index (χ4n) is 6.42. The molecule has 4 amide bonds. The Labute approximate surface area is 303 Å². The molecule has 2 fully saturated rings. The zero-order valence-electron chi connectivity index (χ0n) is 27.5. The zero-order valence-corrected chi connectivity index (χ0v) is 30.6. The largest absolute Gasteiger partial charge is 0.375 e. The summed E-state index contributed by atoms with van der Waals surface area (Å²) in [7, 11) is -3.48. The van der Waals surface area contributed by atoms with Crippen molar-refractivity contribution in [1.29, 1.82) is 0 Å². The summed E-state index contributed by atoms with van der Waals surface area (Å²) in [6, 6.07) is 15.8. The fourth-order valence-corrected chi connectivity index (χ4v) is 8.09. The number of urea groups is 1. The summed E-state index contributed by atoms with van der Waals surface area (Å²) in [5.74, 6) is -0.546. The molecular formula is C33H36Cl2N8O5S2. The average molecular weight is 760 g/mol. The number of fused-ring (bicyclic) bond motifs is 2. The smallest absolute Gasteiger partial charge is 0.332 e. The minimum Gasteiger partial charge on any atom is -0.375 e. The van der Waals surface area contributed by atoms with Crippen LogP contribution in [0, 0.1) is 0 Å². The molecule has 0 saturated carbocycles. The molecule has 2 atom stereocenters. The van der Waals surface area contributed by atoms with Gasteiger partial charge in [0.2, 0.25) is 21.8 Å². The van der Waals surface area contributed by atoms with Crippen LogP contribution >= 0.6 is 34.5 Å². The van der Waals surface area contributed by atoms with Crippen LogP contribution in [-0.4, -0.2) is 88.7 Å². The van der Waals surface area contributed by atoms with Gasteiger partial charge in [0.15, 0.2) is 5.13 Å². The molecule has 50 heavy (non-hydrogen) atoms. The van der Waals surface area contributed by atoms with Gasteiger partial charge in [-0.3, -0.25) is 19.3 Å². The molecule has 4 aromatic rings. The van der Waals surface area contributed by atoms with Crippen molar-refractivity contribution in [3.05, 3.63) is 87.4 Å². The number of benzene rings is 3. The van der Waals surface area contributed by atoms with Crippen LogP contribution in [0.25, 0.3) is 10.2 Å². The maximum Gasteiger partial charge on any atom is 0.332 e. The number of thiazole rings is 1. The molecule has 6 rings (SSSR count). The number of nitrogen functional groups attached to an aromatic ring is 1. The van der Waals surface area contributed by atoms with E-state index in [1.807, 2.05) is 32.0 Å². The summed E-state index contributed by atoms with van der Waals surface area (Å²) in [4.78, 5) is 49.8. The van der Waals surface area contributed by atoms with E-state index < -0.39 is 28.3 Å². The molecule has 2 saturated heterocycles. The second-order valence-corrected chi connectivity index (χ2v) is 16.2. The number of carbonyl (C=O) groups excluding carboxylic acids is 3. The van der Waals surface area contributed by atoms with Crippen LogP contribution in [-0.2, 0) is 39.1 Å². The van der Waals surface area contributed by atoms with Crippen molar-refractivity contribution in [3.63, 3.8) is 0 Å². The van der Waals surface area contributed by atoms with Gasteiger partial charge in [0, 0.05) is 31.2 Å². The summed E-state index contributed by atoms with van der Waals surface area (Å²) < 4.78 is 26.8. The van der Waals surface area contributed by atoms with E-state index in [1.165, 1.54) is 16.3 Å². The van der Waals surface area contributed by atoms with E-state index in [1.54, 1.807) is 57.3 Å². The quantitative estimate of drug-likeness (QED) is 0.213. The molecule has 0 radical (unpaired) electrons. The Balaban J connectivity index is 1.31. The molecular weight excluding hydrogens is 723 g/mol. The number of nitrogens with two attached hydrogens (primary N) is 1. The molecule has 3 aromatic carbocycles. The van der Waals surface area contributed by atoms with E-state index in [4.69, 9.17) is 28.9 Å². The number of para-hydroxylation sites is 1. The molecule has 2 aliphatic heterocycles. The first-order valence-electron chi connectivity index (χ1n) is 15.8. The standard InChI is InChI=1S/C33H36Cl2N8O5S2/c1-19(2)43(33(46)37-15-21-9-12-24(34)25(35)13-21)41-18-29(44)42-26(14-20-7-10-23(11-8-20)39-50(3,47)48)31(45)40(17-28(41)42)16-22-5-4-6-27-30(22)38-32(36)49-27/h4-13,19,26,28,39H,14-18H2,1-3H3,(H2,36,38)(H,37,46)/t26-,28+/m0/s1. The molecule has 0 spiro atoms. The van der Waals surface area contributed by atoms with Crippen LogP contribution in [0.2, 0.25) is 10.0 Å². The molecule has 2 aliphatic rings. The first-order chi connectivity index (χ1) is 23.7. The molecule has 0 bridgehead atoms. The number of carbonyl (C=O) groups is 3. The highest BCUT2D eigenvalue weighted by Crippen LogP contribution is 2.33. The van der Waals surface area contributed by atoms with Crippen molar-refractivity contribution in [1.82, 2.24) is 30.1 Å². The van der Waals surface area contributed by atoms with E-state index in [-0.39, 0.29) is 50.5 Å². The molecule has 264 valence electrons. The average Bonchev–Trinajstić information content (AvgIpc) is 3.58. The van der Waals surface area contributed by atoms with Gasteiger partial charge in [-0.05, 0) is 60.9 Å². The van der Waals surface area contributed by atoms with Crippen molar-refractivity contribution in [3.8, 4) is 0 Å². The van der Waals surface area contributed by atoms with Crippen LogP contribution in [0.1, 0.15) is 30.5 Å². The third kappa shape index (κ3) is 7.61. The number of sulfonamides is 1. The van der Waals surface area contributed by atoms with Gasteiger partial charge in [-0.2, -0.15) is 5.01 Å². The maximum absolute atomic E-state index is 14.3. The van der Waals surface area contributed by atoms with Crippen molar-refractivity contribution in [2.75, 3.05) is 29.8 Å². The van der Waals surface area contributed by atoms with Gasteiger partial charge >= 0.3 is 6.03 Å². The molecule has 4 N–H and O–H groups in total. The Morgan fingerprint density at radius 3 is 2.48 bits per heavy atom. The van der Waals surface area contributed by atoms with Crippen LogP contribution in [0.4, 0.5) is 15.6 Å². The van der Waals surface area contributed by atoms with E-state index in [0.29, 0.717) is 26.4 Å². The number of hydrogen-bond donors (Lipinski definition) is 3. The predicted molar refractivity (Wildman–Crippen MR) is 195 cm³/mol. The summed E-state index contributed by atoms with van der Waals surface area (Å²) >= 11 is 13.6. The number of aromatic nitrogens is 1. The van der Waals surface area contributed by atoms with E-state index >= 15 is 0 Å². The van der Waals surface area contributed by atoms with Gasteiger partial charge in [-0.15, -0.1) is 0 Å². The van der Waals surface area contributed by atoms with E-state index in [2.05, 4.69) is 15.0 Å². The number of halogens is 2. The van der Waals surface area contributed by atoms with Crippen LogP contribution < -0.4 is 15.8 Å². The van der Waals surface area contributed by atoms with E-state index in [9.17, 15) is 22.8 Å². The molecule has 0 unspecified atom stereocenters. The number of nitrogens with one attached hydrogen (secondary N) is 2. The highest BCUT2D eigenvalue weighted by atomic mass is 35.5. The first kappa shape index (κ1) is 35.7. The number of hydrogen-bond acceptors (Lipinski definition) is 9. The second kappa shape index (κ2) is 14.2. The Kier molecular flexibility index (Phi) is 10.2. The van der Waals surface area contributed by atoms with Gasteiger partial charge < -0.3 is 20.9 Å². The lowest BCUT2D eigenvalue weighted by Gasteiger charge is -2.47. The predicted octanol–water partition coefficient (Wildman–Crippen LogP) is 4.52. The normalized spacial score (nSPS) is 18.2. The zero-order chi connectivity index (χ0) is 35.9. The maximum atomic E-state index is 14.3.